The Kier molecular flexibility index (Phi) is 2.76. The van der Waals surface area contributed by atoms with Crippen LogP contribution in [0.1, 0.15) is 12.7 Å². The third kappa shape index (κ3) is 2.42. The molecule has 3 heteroatoms. The molecular formula is C8H10O2S. The molecule has 1 aromatic heterocycles. The van der Waals surface area contributed by atoms with Crippen molar-refractivity contribution in [3.63, 3.8) is 0 Å². The van der Waals surface area contributed by atoms with Gasteiger partial charge in [-0.25, -0.2) is 0 Å². The highest BCUT2D eigenvalue weighted by molar-refractivity contribution is 7.96. The first-order valence-corrected chi connectivity index (χ1v) is 3.90. The molecule has 1 heterocycles. The number of thiol groups is 1. The maximum atomic E-state index is 10.7. The lowest BCUT2D eigenvalue weighted by atomic mass is 10.1. The van der Waals surface area contributed by atoms with E-state index in [2.05, 4.69) is 12.6 Å². The average molecular weight is 170 g/mol. The Balaban J connectivity index is 2.50. The highest BCUT2D eigenvalue weighted by atomic mass is 32.1. The standard InChI is InChI=1S/C8H10O2S/c1-6(8(9)11)5-7-3-2-4-10-7/h2-4,6H,5H2,1H3,(H,9,11). The van der Waals surface area contributed by atoms with Crippen LogP contribution in [0.25, 0.3) is 0 Å². The van der Waals surface area contributed by atoms with Crippen LogP contribution in [0.3, 0.4) is 0 Å². The first-order valence-electron chi connectivity index (χ1n) is 3.45. The van der Waals surface area contributed by atoms with Gasteiger partial charge in [-0.05, 0) is 12.1 Å². The monoisotopic (exact) mass is 170 g/mol. The maximum Gasteiger partial charge on any atom is 0.189 e. The summed E-state index contributed by atoms with van der Waals surface area (Å²) < 4.78 is 5.07. The molecule has 1 rings (SSSR count). The van der Waals surface area contributed by atoms with Gasteiger partial charge in [0, 0.05) is 12.3 Å². The van der Waals surface area contributed by atoms with E-state index in [0.717, 1.165) is 5.76 Å². The Morgan fingerprint density at radius 1 is 1.82 bits per heavy atom. The van der Waals surface area contributed by atoms with E-state index in [1.54, 1.807) is 6.26 Å². The summed E-state index contributed by atoms with van der Waals surface area (Å²) in [5, 5.41) is -0.0959. The van der Waals surface area contributed by atoms with Crippen molar-refractivity contribution in [3.8, 4) is 0 Å². The van der Waals surface area contributed by atoms with Gasteiger partial charge in [0.15, 0.2) is 5.12 Å². The fourth-order valence-corrected chi connectivity index (χ4v) is 0.909. The van der Waals surface area contributed by atoms with Crippen LogP contribution in [0.4, 0.5) is 0 Å². The largest absolute Gasteiger partial charge is 0.469 e. The summed E-state index contributed by atoms with van der Waals surface area (Å²) in [7, 11) is 0. The maximum absolute atomic E-state index is 10.7. The number of carbonyl (C=O) groups is 1. The molecule has 0 saturated heterocycles. The molecule has 1 aromatic rings. The molecule has 0 aliphatic carbocycles. The molecule has 0 aromatic carbocycles. The summed E-state index contributed by atoms with van der Waals surface area (Å²) >= 11 is 3.72. The molecule has 2 nitrogen and oxygen atoms in total. The fourth-order valence-electron chi connectivity index (χ4n) is 0.818. The van der Waals surface area contributed by atoms with Crippen molar-refractivity contribution < 1.29 is 9.21 Å². The van der Waals surface area contributed by atoms with E-state index in [0.29, 0.717) is 6.42 Å². The zero-order valence-corrected chi connectivity index (χ0v) is 7.17. The number of hydrogen-bond acceptors (Lipinski definition) is 2. The molecule has 1 unspecified atom stereocenters. The molecular weight excluding hydrogens is 160 g/mol. The van der Waals surface area contributed by atoms with E-state index < -0.39 is 0 Å². The quantitative estimate of drug-likeness (QED) is 0.702. The second-order valence-electron chi connectivity index (χ2n) is 2.52. The predicted molar refractivity (Wildman–Crippen MR) is 45.6 cm³/mol. The van der Waals surface area contributed by atoms with Crippen molar-refractivity contribution in [2.75, 3.05) is 0 Å². The summed E-state index contributed by atoms with van der Waals surface area (Å²) in [6, 6.07) is 3.66. The Morgan fingerprint density at radius 2 is 2.55 bits per heavy atom. The van der Waals surface area contributed by atoms with Gasteiger partial charge in [0.25, 0.3) is 0 Å². The molecule has 0 fully saturated rings. The molecule has 60 valence electrons. The van der Waals surface area contributed by atoms with Gasteiger partial charge in [0.1, 0.15) is 5.76 Å². The molecule has 11 heavy (non-hydrogen) atoms. The second-order valence-corrected chi connectivity index (χ2v) is 2.96. The minimum absolute atomic E-state index is 0.0653. The summed E-state index contributed by atoms with van der Waals surface area (Å²) in [6.07, 6.45) is 2.24. The van der Waals surface area contributed by atoms with E-state index in [-0.39, 0.29) is 11.0 Å². The lowest BCUT2D eigenvalue weighted by molar-refractivity contribution is -0.113. The summed E-state index contributed by atoms with van der Waals surface area (Å²) in [4.78, 5) is 10.7. The van der Waals surface area contributed by atoms with Crippen molar-refractivity contribution in [2.24, 2.45) is 5.92 Å². The topological polar surface area (TPSA) is 30.2 Å². The van der Waals surface area contributed by atoms with Crippen molar-refractivity contribution >= 4 is 17.7 Å². The van der Waals surface area contributed by atoms with E-state index in [9.17, 15) is 4.79 Å². The van der Waals surface area contributed by atoms with Crippen molar-refractivity contribution in [2.45, 2.75) is 13.3 Å². The van der Waals surface area contributed by atoms with Crippen LogP contribution in [0, 0.1) is 5.92 Å². The average Bonchev–Trinajstić information content (AvgIpc) is 2.39. The van der Waals surface area contributed by atoms with Gasteiger partial charge < -0.3 is 4.42 Å². The number of rotatable bonds is 3. The molecule has 0 amide bonds. The Labute approximate surface area is 71.0 Å². The Morgan fingerprint density at radius 3 is 3.00 bits per heavy atom. The first kappa shape index (κ1) is 8.40. The van der Waals surface area contributed by atoms with Gasteiger partial charge in [-0.1, -0.05) is 6.92 Å². The third-order valence-electron chi connectivity index (χ3n) is 1.51. The minimum Gasteiger partial charge on any atom is -0.469 e. The first-order chi connectivity index (χ1) is 5.20. The smallest absolute Gasteiger partial charge is 0.189 e. The van der Waals surface area contributed by atoms with Crippen LogP contribution in [-0.2, 0) is 11.2 Å². The highest BCUT2D eigenvalue weighted by Crippen LogP contribution is 2.10. The van der Waals surface area contributed by atoms with Gasteiger partial charge in [0.2, 0.25) is 0 Å². The number of furan rings is 1. The van der Waals surface area contributed by atoms with Crippen molar-refractivity contribution in [1.29, 1.82) is 0 Å². The molecule has 0 aliphatic rings. The van der Waals surface area contributed by atoms with Gasteiger partial charge in [-0.2, -0.15) is 0 Å². The number of hydrogen-bond donors (Lipinski definition) is 1. The van der Waals surface area contributed by atoms with Gasteiger partial charge >= 0.3 is 0 Å². The van der Waals surface area contributed by atoms with E-state index >= 15 is 0 Å². The molecule has 0 saturated carbocycles. The van der Waals surface area contributed by atoms with Crippen molar-refractivity contribution in [1.82, 2.24) is 0 Å². The van der Waals surface area contributed by atoms with Crippen molar-refractivity contribution in [3.05, 3.63) is 24.2 Å². The summed E-state index contributed by atoms with van der Waals surface area (Å²) in [5.41, 5.74) is 0. The zero-order chi connectivity index (χ0) is 8.27. The molecule has 0 bridgehead atoms. The molecule has 0 spiro atoms. The molecule has 1 atom stereocenters. The highest BCUT2D eigenvalue weighted by Gasteiger charge is 2.10. The van der Waals surface area contributed by atoms with E-state index in [1.165, 1.54) is 0 Å². The number of carbonyl (C=O) groups excluding carboxylic acids is 1. The normalized spacial score (nSPS) is 12.9. The van der Waals surface area contributed by atoms with Crippen LogP contribution in [0.5, 0.6) is 0 Å². The third-order valence-corrected chi connectivity index (χ3v) is 1.95. The summed E-state index contributed by atoms with van der Waals surface area (Å²) in [5.74, 6) is 0.768. The lowest BCUT2D eigenvalue weighted by Gasteiger charge is -2.01. The Bertz CT molecular complexity index is 228. The van der Waals surface area contributed by atoms with Gasteiger partial charge in [-0.3, -0.25) is 4.79 Å². The van der Waals surface area contributed by atoms with E-state index in [1.807, 2.05) is 19.1 Å². The molecule has 0 radical (unpaired) electrons. The van der Waals surface area contributed by atoms with Crippen LogP contribution in [-0.4, -0.2) is 5.12 Å². The minimum atomic E-state index is -0.0959. The Hall–Kier alpha value is -0.700. The summed E-state index contributed by atoms with van der Waals surface area (Å²) in [6.45, 7) is 1.83. The molecule has 0 aliphatic heterocycles. The predicted octanol–water partition coefficient (Wildman–Crippen LogP) is 1.91. The van der Waals surface area contributed by atoms with Gasteiger partial charge in [-0.15, -0.1) is 12.6 Å². The van der Waals surface area contributed by atoms with Crippen LogP contribution in [0.2, 0.25) is 0 Å². The van der Waals surface area contributed by atoms with Crippen LogP contribution < -0.4 is 0 Å². The zero-order valence-electron chi connectivity index (χ0n) is 6.28. The van der Waals surface area contributed by atoms with Crippen LogP contribution in [0.15, 0.2) is 22.8 Å². The second kappa shape index (κ2) is 3.62. The van der Waals surface area contributed by atoms with Gasteiger partial charge in [0.05, 0.1) is 6.26 Å². The fraction of sp³-hybridized carbons (Fsp3) is 0.375. The SMILES string of the molecule is CC(Cc1ccco1)C(=O)S. The van der Waals surface area contributed by atoms with E-state index in [4.69, 9.17) is 4.42 Å². The lowest BCUT2D eigenvalue weighted by Crippen LogP contribution is -2.06. The molecule has 0 N–H and O–H groups in total. The van der Waals surface area contributed by atoms with Crippen LogP contribution >= 0.6 is 12.6 Å².